The van der Waals surface area contributed by atoms with E-state index >= 15 is 0 Å². The number of nitrogens with zero attached hydrogens (tertiary/aromatic N) is 6. The number of hydrogen-bond acceptors (Lipinski definition) is 7. The first-order valence-electron chi connectivity index (χ1n) is 12.8. The predicted molar refractivity (Wildman–Crippen MR) is 137 cm³/mol. The number of aromatic nitrogens is 4. The Hall–Kier alpha value is -3.13. The minimum atomic E-state index is 0.469. The Bertz CT molecular complexity index is 1100. The molecule has 2 N–H and O–H groups in total. The number of hydrogen-bond donors (Lipinski definition) is 2. The molecule has 0 amide bonds. The molecule has 3 aromatic rings. The Labute approximate surface area is 201 Å². The molecule has 3 aliphatic rings. The molecule has 8 nitrogen and oxygen atoms in total. The maximum Gasteiger partial charge on any atom is 0.157 e. The summed E-state index contributed by atoms with van der Waals surface area (Å²) in [6.45, 7) is 8.37. The van der Waals surface area contributed by atoms with Crippen LogP contribution in [0.2, 0.25) is 0 Å². The molecule has 2 fully saturated rings. The Balaban J connectivity index is 1.20. The van der Waals surface area contributed by atoms with Crippen LogP contribution in [0.15, 0.2) is 42.9 Å². The lowest BCUT2D eigenvalue weighted by Gasteiger charge is -2.34. The first kappa shape index (κ1) is 21.4. The van der Waals surface area contributed by atoms with Gasteiger partial charge < -0.3 is 25.0 Å². The molecule has 0 unspecified atom stereocenters. The highest BCUT2D eigenvalue weighted by molar-refractivity contribution is 5.79. The maximum atomic E-state index is 5.20. The smallest absolute Gasteiger partial charge is 0.157 e. The average Bonchev–Trinajstić information content (AvgIpc) is 3.58. The van der Waals surface area contributed by atoms with E-state index in [1.807, 2.05) is 0 Å². The lowest BCUT2D eigenvalue weighted by molar-refractivity contribution is 0.317. The molecule has 8 heteroatoms. The maximum absolute atomic E-state index is 5.20. The van der Waals surface area contributed by atoms with Crippen LogP contribution >= 0.6 is 0 Å². The van der Waals surface area contributed by atoms with Gasteiger partial charge >= 0.3 is 0 Å². The van der Waals surface area contributed by atoms with E-state index < -0.39 is 0 Å². The monoisotopic (exact) mass is 458 g/mol. The van der Waals surface area contributed by atoms with Crippen LogP contribution in [-0.4, -0.2) is 70.2 Å². The Kier molecular flexibility index (Phi) is 6.06. The van der Waals surface area contributed by atoms with Crippen molar-refractivity contribution in [3.05, 3.63) is 48.7 Å². The number of likely N-dealkylation sites (tertiary alicyclic amines) is 1. The SMILES string of the molecule is c1ccc(-c2cn(CCN3CCCC3)c(C3CCN(c4ncnc5c4NCCN5)CC3)n2)cc1. The fourth-order valence-electron chi connectivity index (χ4n) is 5.57. The minimum Gasteiger partial charge on any atom is -0.377 e. The van der Waals surface area contributed by atoms with Gasteiger partial charge in [-0.25, -0.2) is 15.0 Å². The second-order valence-electron chi connectivity index (χ2n) is 9.63. The normalized spacial score (nSPS) is 19.0. The molecule has 0 aliphatic carbocycles. The highest BCUT2D eigenvalue weighted by atomic mass is 15.2. The summed E-state index contributed by atoms with van der Waals surface area (Å²) in [6.07, 6.45) is 8.80. The lowest BCUT2D eigenvalue weighted by atomic mass is 9.95. The van der Waals surface area contributed by atoms with Crippen molar-refractivity contribution in [2.24, 2.45) is 0 Å². The Morgan fingerprint density at radius 2 is 1.68 bits per heavy atom. The van der Waals surface area contributed by atoms with Gasteiger partial charge in [0.2, 0.25) is 0 Å². The van der Waals surface area contributed by atoms with Crippen molar-refractivity contribution < 1.29 is 0 Å². The second kappa shape index (κ2) is 9.62. The van der Waals surface area contributed by atoms with E-state index in [2.05, 4.69) is 71.5 Å². The largest absolute Gasteiger partial charge is 0.377 e. The van der Waals surface area contributed by atoms with Crippen LogP contribution < -0.4 is 15.5 Å². The van der Waals surface area contributed by atoms with E-state index in [0.29, 0.717) is 5.92 Å². The van der Waals surface area contributed by atoms with Crippen LogP contribution in [0.4, 0.5) is 17.3 Å². The van der Waals surface area contributed by atoms with E-state index in [9.17, 15) is 0 Å². The molecule has 2 aromatic heterocycles. The van der Waals surface area contributed by atoms with Crippen LogP contribution in [0.25, 0.3) is 11.3 Å². The Morgan fingerprint density at radius 3 is 2.50 bits per heavy atom. The van der Waals surface area contributed by atoms with Crippen molar-refractivity contribution in [2.45, 2.75) is 38.1 Å². The van der Waals surface area contributed by atoms with Crippen LogP contribution in [0.5, 0.6) is 0 Å². The van der Waals surface area contributed by atoms with Crippen molar-refractivity contribution >= 4 is 17.3 Å². The Morgan fingerprint density at radius 1 is 0.882 bits per heavy atom. The third kappa shape index (κ3) is 4.34. The van der Waals surface area contributed by atoms with E-state index in [-0.39, 0.29) is 0 Å². The van der Waals surface area contributed by atoms with E-state index in [1.165, 1.54) is 37.3 Å². The molecule has 0 bridgehead atoms. The summed E-state index contributed by atoms with van der Waals surface area (Å²) in [5, 5.41) is 6.88. The van der Waals surface area contributed by atoms with Crippen molar-refractivity contribution in [1.29, 1.82) is 0 Å². The average molecular weight is 459 g/mol. The van der Waals surface area contributed by atoms with Gasteiger partial charge in [0, 0.05) is 56.9 Å². The summed E-state index contributed by atoms with van der Waals surface area (Å²) < 4.78 is 2.44. The minimum absolute atomic E-state index is 0.469. The number of anilines is 3. The first-order chi connectivity index (χ1) is 16.8. The molecule has 0 atom stereocenters. The summed E-state index contributed by atoms with van der Waals surface area (Å²) in [5.41, 5.74) is 3.34. The quantitative estimate of drug-likeness (QED) is 0.584. The van der Waals surface area contributed by atoms with Crippen LogP contribution in [0, 0.1) is 0 Å². The topological polar surface area (TPSA) is 74.1 Å². The molecule has 178 valence electrons. The van der Waals surface area contributed by atoms with Crippen molar-refractivity contribution in [3.63, 3.8) is 0 Å². The number of rotatable bonds is 6. The predicted octanol–water partition coefficient (Wildman–Crippen LogP) is 3.66. The third-order valence-electron chi connectivity index (χ3n) is 7.44. The summed E-state index contributed by atoms with van der Waals surface area (Å²) in [6, 6.07) is 10.6. The molecule has 34 heavy (non-hydrogen) atoms. The zero-order valence-corrected chi connectivity index (χ0v) is 19.8. The molecule has 2 saturated heterocycles. The number of nitrogens with one attached hydrogen (secondary N) is 2. The summed E-state index contributed by atoms with van der Waals surface area (Å²) >= 11 is 0. The van der Waals surface area contributed by atoms with Crippen LogP contribution in [0.1, 0.15) is 37.4 Å². The van der Waals surface area contributed by atoms with Crippen molar-refractivity contribution in [1.82, 2.24) is 24.4 Å². The molecule has 0 radical (unpaired) electrons. The standard InChI is InChI=1S/C26H34N8/c1-2-6-20(7-3-1)22-18-34(17-16-32-12-4-5-13-32)25(31-22)21-8-14-33(15-9-21)26-23-24(29-19-30-26)28-11-10-27-23/h1-3,6-7,18-19,21,27H,4-5,8-17H2,(H,28,29,30). The molecular formula is C26H34N8. The number of fused-ring (bicyclic) bond motifs is 1. The molecule has 0 saturated carbocycles. The molecule has 0 spiro atoms. The highest BCUT2D eigenvalue weighted by Crippen LogP contribution is 2.36. The van der Waals surface area contributed by atoms with Crippen molar-refractivity contribution in [2.75, 3.05) is 61.3 Å². The van der Waals surface area contributed by atoms with Gasteiger partial charge in [-0.2, -0.15) is 0 Å². The van der Waals surface area contributed by atoms with E-state index in [0.717, 1.165) is 75.1 Å². The fourth-order valence-corrected chi connectivity index (χ4v) is 5.57. The van der Waals surface area contributed by atoms with E-state index in [4.69, 9.17) is 4.98 Å². The summed E-state index contributed by atoms with van der Waals surface area (Å²) in [5.74, 6) is 3.67. The van der Waals surface area contributed by atoms with Gasteiger partial charge in [0.25, 0.3) is 0 Å². The van der Waals surface area contributed by atoms with E-state index in [1.54, 1.807) is 6.33 Å². The number of benzene rings is 1. The van der Waals surface area contributed by atoms with Crippen molar-refractivity contribution in [3.8, 4) is 11.3 Å². The van der Waals surface area contributed by atoms with Gasteiger partial charge in [-0.05, 0) is 38.8 Å². The number of piperidine rings is 1. The summed E-state index contributed by atoms with van der Waals surface area (Å²) in [7, 11) is 0. The van der Waals surface area contributed by atoms with Crippen LogP contribution in [-0.2, 0) is 6.54 Å². The van der Waals surface area contributed by atoms with Gasteiger partial charge in [-0.1, -0.05) is 30.3 Å². The molecule has 3 aliphatic heterocycles. The van der Waals surface area contributed by atoms with Gasteiger partial charge in [-0.3, -0.25) is 0 Å². The number of imidazole rings is 1. The lowest BCUT2D eigenvalue weighted by Crippen LogP contribution is -2.36. The summed E-state index contributed by atoms with van der Waals surface area (Å²) in [4.78, 5) is 19.2. The van der Waals surface area contributed by atoms with Gasteiger partial charge in [0.05, 0.1) is 5.69 Å². The second-order valence-corrected chi connectivity index (χ2v) is 9.63. The van der Waals surface area contributed by atoms with Gasteiger partial charge in [0.15, 0.2) is 11.6 Å². The van der Waals surface area contributed by atoms with Crippen LogP contribution in [0.3, 0.4) is 0 Å². The van der Waals surface area contributed by atoms with Gasteiger partial charge in [-0.15, -0.1) is 0 Å². The highest BCUT2D eigenvalue weighted by Gasteiger charge is 2.28. The van der Waals surface area contributed by atoms with Gasteiger partial charge in [0.1, 0.15) is 17.8 Å². The molecule has 1 aromatic carbocycles. The zero-order valence-electron chi connectivity index (χ0n) is 19.8. The fraction of sp³-hybridized carbons (Fsp3) is 0.500. The third-order valence-corrected chi connectivity index (χ3v) is 7.44. The molecular weight excluding hydrogens is 424 g/mol. The molecule has 6 rings (SSSR count). The first-order valence-corrected chi connectivity index (χ1v) is 12.8. The molecule has 5 heterocycles. The zero-order chi connectivity index (χ0) is 22.7.